The van der Waals surface area contributed by atoms with Crippen molar-refractivity contribution < 1.29 is 9.59 Å². The van der Waals surface area contributed by atoms with Gasteiger partial charge >= 0.3 is 0 Å². The monoisotopic (exact) mass is 214 g/mol. The number of carbonyl (C=O) groups excluding carboxylic acids is 2. The summed E-state index contributed by atoms with van der Waals surface area (Å²) in [4.78, 5) is 24.1. The Hall–Kier alpha value is -0.740. The summed E-state index contributed by atoms with van der Waals surface area (Å²) >= 11 is 0. The Morgan fingerprint density at radius 3 is 2.40 bits per heavy atom. The van der Waals surface area contributed by atoms with Gasteiger partial charge in [-0.05, 0) is 14.0 Å². The topological polar surface area (TPSA) is 49.4 Å². The molecule has 0 aliphatic heterocycles. The molecule has 0 aliphatic carbocycles. The van der Waals surface area contributed by atoms with Gasteiger partial charge < -0.3 is 10.1 Å². The lowest BCUT2D eigenvalue weighted by Crippen LogP contribution is -2.44. The van der Waals surface area contributed by atoms with Crippen LogP contribution in [0.4, 0.5) is 0 Å². The quantitative estimate of drug-likeness (QED) is 0.591. The van der Waals surface area contributed by atoms with Gasteiger partial charge in [-0.1, -0.05) is 13.8 Å². The highest BCUT2D eigenvalue weighted by molar-refractivity contribution is 5.85. The van der Waals surface area contributed by atoms with Crippen molar-refractivity contribution in [1.82, 2.24) is 10.2 Å². The molecule has 0 aliphatic rings. The second kappa shape index (κ2) is 7.54. The van der Waals surface area contributed by atoms with Crippen molar-refractivity contribution in [1.29, 1.82) is 0 Å². The number of nitrogens with zero attached hydrogens (tertiary/aromatic N) is 1. The zero-order valence-corrected chi connectivity index (χ0v) is 10.1. The fourth-order valence-electron chi connectivity index (χ4n) is 1.46. The van der Waals surface area contributed by atoms with E-state index < -0.39 is 0 Å². The fraction of sp³-hybridized carbons (Fsp3) is 0.818. The molecular formula is C11H22N2O2. The molecule has 0 fully saturated rings. The number of likely N-dealkylation sites (N-methyl/N-ethyl adjacent to an activating group) is 1. The summed E-state index contributed by atoms with van der Waals surface area (Å²) in [5.74, 6) is 0.205. The number of aldehydes is 1. The van der Waals surface area contributed by atoms with E-state index in [1.807, 2.05) is 32.7 Å². The van der Waals surface area contributed by atoms with Gasteiger partial charge in [0.2, 0.25) is 0 Å². The molecule has 0 heterocycles. The lowest BCUT2D eigenvalue weighted by Gasteiger charge is -2.27. The maximum Gasteiger partial charge on any atom is 0.152 e. The molecule has 0 saturated heterocycles. The summed E-state index contributed by atoms with van der Waals surface area (Å²) in [6.45, 7) is 7.45. The second-order valence-corrected chi connectivity index (χ2v) is 4.00. The van der Waals surface area contributed by atoms with Crippen molar-refractivity contribution in [3.8, 4) is 0 Å². The predicted molar refractivity (Wildman–Crippen MR) is 60.9 cm³/mol. The van der Waals surface area contributed by atoms with Crippen LogP contribution in [-0.2, 0) is 9.59 Å². The van der Waals surface area contributed by atoms with Gasteiger partial charge in [0.05, 0.1) is 12.6 Å². The Morgan fingerprint density at radius 1 is 1.40 bits per heavy atom. The third-order valence-electron chi connectivity index (χ3n) is 2.49. The van der Waals surface area contributed by atoms with E-state index in [2.05, 4.69) is 5.32 Å². The van der Waals surface area contributed by atoms with Crippen molar-refractivity contribution in [2.45, 2.75) is 26.8 Å². The normalized spacial score (nSPS) is 13.2. The average Bonchev–Trinajstić information content (AvgIpc) is 2.22. The van der Waals surface area contributed by atoms with E-state index in [0.717, 1.165) is 19.4 Å². The molecule has 1 N–H and O–H groups in total. The Bertz CT molecular complexity index is 205. The summed E-state index contributed by atoms with van der Waals surface area (Å²) < 4.78 is 0. The zero-order valence-electron chi connectivity index (χ0n) is 10.1. The summed E-state index contributed by atoms with van der Waals surface area (Å²) in [5.41, 5.74) is 0. The van der Waals surface area contributed by atoms with Crippen LogP contribution in [0.5, 0.6) is 0 Å². The lowest BCUT2D eigenvalue weighted by atomic mass is 10.0. The van der Waals surface area contributed by atoms with E-state index in [9.17, 15) is 9.59 Å². The van der Waals surface area contributed by atoms with E-state index in [1.54, 1.807) is 0 Å². The van der Waals surface area contributed by atoms with Crippen LogP contribution in [0.15, 0.2) is 0 Å². The molecule has 0 aromatic carbocycles. The minimum absolute atomic E-state index is 0.0173. The van der Waals surface area contributed by atoms with Gasteiger partial charge in [0.1, 0.15) is 6.29 Å². The first-order valence-corrected chi connectivity index (χ1v) is 5.40. The molecular weight excluding hydrogens is 192 g/mol. The van der Waals surface area contributed by atoms with Crippen molar-refractivity contribution in [2.24, 2.45) is 5.92 Å². The zero-order chi connectivity index (χ0) is 11.8. The van der Waals surface area contributed by atoms with Crippen molar-refractivity contribution in [2.75, 3.05) is 26.7 Å². The first-order chi connectivity index (χ1) is 7.04. The number of rotatable bonds is 8. The van der Waals surface area contributed by atoms with Crippen LogP contribution in [0.3, 0.4) is 0 Å². The summed E-state index contributed by atoms with van der Waals surface area (Å²) in [6.07, 6.45) is 0.847. The predicted octanol–water partition coefficient (Wildman–Crippen LogP) is 0.320. The summed E-state index contributed by atoms with van der Waals surface area (Å²) in [5, 5.41) is 3.01. The van der Waals surface area contributed by atoms with Crippen LogP contribution in [0, 0.1) is 5.92 Å². The molecule has 0 bridgehead atoms. The van der Waals surface area contributed by atoms with Crippen LogP contribution in [0.1, 0.15) is 20.8 Å². The lowest BCUT2D eigenvalue weighted by molar-refractivity contribution is -0.127. The van der Waals surface area contributed by atoms with E-state index >= 15 is 0 Å². The number of hydrogen-bond donors (Lipinski definition) is 1. The van der Waals surface area contributed by atoms with E-state index in [0.29, 0.717) is 6.54 Å². The minimum atomic E-state index is -0.177. The van der Waals surface area contributed by atoms with Gasteiger partial charge in [0.15, 0.2) is 5.78 Å². The highest BCUT2D eigenvalue weighted by Gasteiger charge is 2.22. The van der Waals surface area contributed by atoms with Crippen molar-refractivity contribution in [3.63, 3.8) is 0 Å². The molecule has 0 radical (unpaired) electrons. The molecule has 88 valence electrons. The highest BCUT2D eigenvalue weighted by Crippen LogP contribution is 2.06. The van der Waals surface area contributed by atoms with Crippen LogP contribution in [0.25, 0.3) is 0 Å². The fourth-order valence-corrected chi connectivity index (χ4v) is 1.46. The van der Waals surface area contributed by atoms with E-state index in [4.69, 9.17) is 0 Å². The maximum atomic E-state index is 11.7. The largest absolute Gasteiger partial charge is 0.318 e. The van der Waals surface area contributed by atoms with Gasteiger partial charge in [0, 0.05) is 19.0 Å². The van der Waals surface area contributed by atoms with Crippen molar-refractivity contribution in [3.05, 3.63) is 0 Å². The molecule has 0 saturated carbocycles. The van der Waals surface area contributed by atoms with Gasteiger partial charge in [-0.3, -0.25) is 9.69 Å². The number of Topliss-reactive ketones (excluding diaryl/α,β-unsaturated/α-hetero) is 1. The van der Waals surface area contributed by atoms with Crippen LogP contribution >= 0.6 is 0 Å². The maximum absolute atomic E-state index is 11.7. The Morgan fingerprint density at radius 2 is 2.00 bits per heavy atom. The van der Waals surface area contributed by atoms with Gasteiger partial charge in [-0.2, -0.15) is 0 Å². The average molecular weight is 214 g/mol. The van der Waals surface area contributed by atoms with Crippen LogP contribution < -0.4 is 5.32 Å². The summed E-state index contributed by atoms with van der Waals surface area (Å²) in [7, 11) is 1.86. The first-order valence-electron chi connectivity index (χ1n) is 5.40. The number of nitrogens with one attached hydrogen (secondary N) is 1. The molecule has 15 heavy (non-hydrogen) atoms. The van der Waals surface area contributed by atoms with Crippen molar-refractivity contribution >= 4 is 12.1 Å². The SMILES string of the molecule is CNCCN(CC=O)C(C)C(=O)C(C)C. The van der Waals surface area contributed by atoms with E-state index in [1.165, 1.54) is 0 Å². The Labute approximate surface area is 92.0 Å². The smallest absolute Gasteiger partial charge is 0.152 e. The molecule has 1 unspecified atom stereocenters. The molecule has 4 heteroatoms. The molecule has 1 atom stereocenters. The molecule has 0 spiro atoms. The molecule has 0 rings (SSSR count). The summed E-state index contributed by atoms with van der Waals surface area (Å²) in [6, 6.07) is -0.177. The van der Waals surface area contributed by atoms with Gasteiger partial charge in [-0.15, -0.1) is 0 Å². The second-order valence-electron chi connectivity index (χ2n) is 4.00. The molecule has 4 nitrogen and oxygen atoms in total. The third-order valence-corrected chi connectivity index (χ3v) is 2.49. The van der Waals surface area contributed by atoms with E-state index in [-0.39, 0.29) is 17.7 Å². The Balaban J connectivity index is 4.32. The first kappa shape index (κ1) is 14.3. The molecule has 0 aromatic rings. The standard InChI is InChI=1S/C11H22N2O2/c1-9(2)11(15)10(3)13(7-8-14)6-5-12-4/h8-10,12H,5-7H2,1-4H3. The molecule has 0 amide bonds. The third kappa shape index (κ3) is 5.04. The van der Waals surface area contributed by atoms with Gasteiger partial charge in [0.25, 0.3) is 0 Å². The minimum Gasteiger partial charge on any atom is -0.318 e. The number of ketones is 1. The molecule has 0 aromatic heterocycles. The number of carbonyl (C=O) groups is 2. The van der Waals surface area contributed by atoms with Crippen LogP contribution in [0.2, 0.25) is 0 Å². The number of hydrogen-bond acceptors (Lipinski definition) is 4. The van der Waals surface area contributed by atoms with Gasteiger partial charge in [-0.25, -0.2) is 0 Å². The highest BCUT2D eigenvalue weighted by atomic mass is 16.1. The van der Waals surface area contributed by atoms with Crippen LogP contribution in [-0.4, -0.2) is 49.7 Å². The Kier molecular flexibility index (Phi) is 7.17.